The van der Waals surface area contributed by atoms with Crippen LogP contribution in [-0.4, -0.2) is 100 Å². The van der Waals surface area contributed by atoms with Crippen LogP contribution in [0.2, 0.25) is 0 Å². The van der Waals surface area contributed by atoms with Gasteiger partial charge in [0, 0.05) is 77.2 Å². The topological polar surface area (TPSA) is 42.1 Å². The number of amides is 1. The van der Waals surface area contributed by atoms with Gasteiger partial charge in [0.15, 0.2) is 0 Å². The van der Waals surface area contributed by atoms with Gasteiger partial charge in [-0.15, -0.1) is 0 Å². The molecule has 4 heterocycles. The summed E-state index contributed by atoms with van der Waals surface area (Å²) in [7, 11) is 6.25. The van der Waals surface area contributed by atoms with E-state index in [9.17, 15) is 4.79 Å². The molecule has 1 unspecified atom stereocenters. The van der Waals surface area contributed by atoms with Gasteiger partial charge in [0.1, 0.15) is 0 Å². The Morgan fingerprint density at radius 2 is 1.83 bits per heavy atom. The summed E-state index contributed by atoms with van der Waals surface area (Å²) in [4.78, 5) is 22.4. The zero-order valence-corrected chi connectivity index (χ0v) is 18.3. The second kappa shape index (κ2) is 9.02. The molecule has 4 aliphatic rings. The summed E-state index contributed by atoms with van der Waals surface area (Å²) in [6.45, 7) is 9.25. The summed E-state index contributed by atoms with van der Waals surface area (Å²) in [5.41, 5.74) is 1.86. The first-order chi connectivity index (χ1) is 14.0. The Bertz CT molecular complexity index is 683. The standard InChI is InChI=1S/C23H37N5O/c1-25(2)21-6-4-18(5-7-21)23(29)24-15-22-14-19-8-9-28(22)17-20(19)16-27-12-10-26(3)11-13-27/h4-7,19-20,22H,8-17H2,1-3H3,(H,24,29)/t19-,20-,22+/m0/s1. The number of carbonyl (C=O) groups is 1. The predicted molar refractivity (Wildman–Crippen MR) is 119 cm³/mol. The fraction of sp³-hybridized carbons (Fsp3) is 0.696. The highest BCUT2D eigenvalue weighted by Crippen LogP contribution is 2.36. The van der Waals surface area contributed by atoms with Gasteiger partial charge >= 0.3 is 0 Å². The van der Waals surface area contributed by atoms with Crippen molar-refractivity contribution in [1.82, 2.24) is 20.0 Å². The highest BCUT2D eigenvalue weighted by molar-refractivity contribution is 5.94. The number of benzene rings is 1. The van der Waals surface area contributed by atoms with E-state index in [4.69, 9.17) is 0 Å². The summed E-state index contributed by atoms with van der Waals surface area (Å²) in [6.07, 6.45) is 2.56. The summed E-state index contributed by atoms with van der Waals surface area (Å²) in [5.74, 6) is 1.67. The average Bonchev–Trinajstić information content (AvgIpc) is 2.74. The molecule has 0 aromatic heterocycles. The number of piperazine rings is 1. The van der Waals surface area contributed by atoms with Gasteiger partial charge in [0.2, 0.25) is 0 Å². The van der Waals surface area contributed by atoms with E-state index >= 15 is 0 Å². The average molecular weight is 400 g/mol. The molecule has 4 saturated heterocycles. The SMILES string of the molecule is CN1CCN(C[C@H]2CN3CC[C@H]2C[C@@H]3CNC(=O)c2ccc(N(C)C)cc2)CC1. The fourth-order valence-corrected chi connectivity index (χ4v) is 5.25. The lowest BCUT2D eigenvalue weighted by molar-refractivity contribution is -0.0160. The molecule has 1 aromatic rings. The predicted octanol–water partition coefficient (Wildman–Crippen LogP) is 1.44. The van der Waals surface area contributed by atoms with Gasteiger partial charge < -0.3 is 20.0 Å². The van der Waals surface area contributed by atoms with E-state index in [1.54, 1.807) is 0 Å². The number of fused-ring (bicyclic) bond motifs is 3. The summed E-state index contributed by atoms with van der Waals surface area (Å²) < 4.78 is 0. The number of hydrogen-bond donors (Lipinski definition) is 1. The first-order valence-electron chi connectivity index (χ1n) is 11.2. The maximum atomic E-state index is 12.6. The second-order valence-electron chi connectivity index (χ2n) is 9.45. The highest BCUT2D eigenvalue weighted by Gasteiger charge is 2.40. The quantitative estimate of drug-likeness (QED) is 0.784. The van der Waals surface area contributed by atoms with Gasteiger partial charge in [0.05, 0.1) is 0 Å². The minimum absolute atomic E-state index is 0.0481. The van der Waals surface area contributed by atoms with Crippen LogP contribution in [0.4, 0.5) is 5.69 Å². The van der Waals surface area contributed by atoms with Crippen molar-refractivity contribution in [2.24, 2.45) is 11.8 Å². The Morgan fingerprint density at radius 1 is 1.10 bits per heavy atom. The number of likely N-dealkylation sites (N-methyl/N-ethyl adjacent to an activating group) is 1. The number of piperidine rings is 3. The van der Waals surface area contributed by atoms with Crippen molar-refractivity contribution in [2.45, 2.75) is 18.9 Å². The first-order valence-corrected chi connectivity index (χ1v) is 11.2. The van der Waals surface area contributed by atoms with Gasteiger partial charge in [-0.3, -0.25) is 9.69 Å². The van der Waals surface area contributed by atoms with Crippen molar-refractivity contribution >= 4 is 11.6 Å². The second-order valence-corrected chi connectivity index (χ2v) is 9.45. The summed E-state index contributed by atoms with van der Waals surface area (Å²) in [5, 5.41) is 3.19. The fourth-order valence-electron chi connectivity index (χ4n) is 5.25. The Labute approximate surface area is 175 Å². The van der Waals surface area contributed by atoms with E-state index in [2.05, 4.69) is 27.1 Å². The van der Waals surface area contributed by atoms with Crippen molar-refractivity contribution < 1.29 is 4.79 Å². The van der Waals surface area contributed by atoms with Crippen molar-refractivity contribution in [1.29, 1.82) is 0 Å². The van der Waals surface area contributed by atoms with E-state index < -0.39 is 0 Å². The summed E-state index contributed by atoms with van der Waals surface area (Å²) in [6, 6.07) is 8.35. The van der Waals surface area contributed by atoms with Crippen LogP contribution in [0.3, 0.4) is 0 Å². The third-order valence-electron chi connectivity index (χ3n) is 7.25. The Morgan fingerprint density at radius 3 is 2.45 bits per heavy atom. The Balaban J connectivity index is 1.25. The molecule has 160 valence electrons. The van der Waals surface area contributed by atoms with Gasteiger partial charge in [-0.05, 0) is 62.5 Å². The number of anilines is 1. The zero-order valence-electron chi connectivity index (χ0n) is 18.3. The lowest BCUT2D eigenvalue weighted by Crippen LogP contribution is -2.59. The van der Waals surface area contributed by atoms with E-state index in [1.165, 1.54) is 58.7 Å². The molecule has 0 spiro atoms. The van der Waals surface area contributed by atoms with Gasteiger partial charge in [-0.1, -0.05) is 0 Å². The normalized spacial score (nSPS) is 30.3. The molecule has 4 atom stereocenters. The first kappa shape index (κ1) is 20.6. The van der Waals surface area contributed by atoms with Gasteiger partial charge in [-0.2, -0.15) is 0 Å². The van der Waals surface area contributed by atoms with E-state index in [0.29, 0.717) is 6.04 Å². The van der Waals surface area contributed by atoms with Crippen LogP contribution in [0.1, 0.15) is 23.2 Å². The maximum Gasteiger partial charge on any atom is 0.251 e. The monoisotopic (exact) mass is 399 g/mol. The highest BCUT2D eigenvalue weighted by atomic mass is 16.1. The van der Waals surface area contributed by atoms with E-state index in [1.807, 2.05) is 43.3 Å². The smallest absolute Gasteiger partial charge is 0.251 e. The number of hydrogen-bond acceptors (Lipinski definition) is 5. The van der Waals surface area contributed by atoms with Crippen LogP contribution >= 0.6 is 0 Å². The zero-order chi connectivity index (χ0) is 20.4. The van der Waals surface area contributed by atoms with Crippen molar-refractivity contribution in [3.8, 4) is 0 Å². The van der Waals surface area contributed by atoms with Crippen LogP contribution in [-0.2, 0) is 0 Å². The number of nitrogens with one attached hydrogen (secondary N) is 1. The molecule has 1 aromatic carbocycles. The molecule has 1 amide bonds. The van der Waals surface area contributed by atoms with Crippen molar-refractivity contribution in [3.05, 3.63) is 29.8 Å². The summed E-state index contributed by atoms with van der Waals surface area (Å²) >= 11 is 0. The molecule has 0 saturated carbocycles. The molecule has 4 aliphatic heterocycles. The lowest BCUT2D eigenvalue weighted by atomic mass is 9.75. The maximum absolute atomic E-state index is 12.6. The van der Waals surface area contributed by atoms with Crippen LogP contribution in [0.15, 0.2) is 24.3 Å². The Hall–Kier alpha value is -1.63. The minimum atomic E-state index is 0.0481. The van der Waals surface area contributed by atoms with Crippen LogP contribution in [0.25, 0.3) is 0 Å². The largest absolute Gasteiger partial charge is 0.378 e. The molecule has 5 rings (SSSR count). The molecule has 4 fully saturated rings. The molecule has 0 radical (unpaired) electrons. The number of nitrogens with zero attached hydrogens (tertiary/aromatic N) is 4. The molecule has 2 bridgehead atoms. The Kier molecular flexibility index (Phi) is 6.42. The third-order valence-corrected chi connectivity index (χ3v) is 7.25. The lowest BCUT2D eigenvalue weighted by Gasteiger charge is -2.51. The molecular weight excluding hydrogens is 362 g/mol. The van der Waals surface area contributed by atoms with Gasteiger partial charge in [0.25, 0.3) is 5.91 Å². The van der Waals surface area contributed by atoms with E-state index in [0.717, 1.165) is 29.6 Å². The molecule has 6 nitrogen and oxygen atoms in total. The molecule has 0 aliphatic carbocycles. The van der Waals surface area contributed by atoms with Crippen LogP contribution in [0.5, 0.6) is 0 Å². The number of carbonyl (C=O) groups excluding carboxylic acids is 1. The van der Waals surface area contributed by atoms with Crippen molar-refractivity contribution in [3.63, 3.8) is 0 Å². The molecule has 1 N–H and O–H groups in total. The third kappa shape index (κ3) is 4.93. The van der Waals surface area contributed by atoms with Crippen LogP contribution in [0, 0.1) is 11.8 Å². The van der Waals surface area contributed by atoms with E-state index in [-0.39, 0.29) is 5.91 Å². The van der Waals surface area contributed by atoms with Crippen molar-refractivity contribution in [2.75, 3.05) is 78.4 Å². The molecule has 6 heteroatoms. The molecule has 29 heavy (non-hydrogen) atoms. The van der Waals surface area contributed by atoms with Gasteiger partial charge in [-0.25, -0.2) is 0 Å². The molecular formula is C23H37N5O. The minimum Gasteiger partial charge on any atom is -0.378 e. The van der Waals surface area contributed by atoms with Crippen LogP contribution < -0.4 is 10.2 Å². The number of rotatable bonds is 6.